The SMILES string of the molecule is COc1ccccc1-c1ccccc1C[C@H]1CN(C(=O)c2ccccn2)CCN(C)C1=O. The largest absolute Gasteiger partial charge is 0.496 e. The fraction of sp³-hybridized carbons (Fsp3) is 0.269. The molecule has 0 unspecified atom stereocenters. The number of para-hydroxylation sites is 1. The molecule has 0 aliphatic carbocycles. The monoisotopic (exact) mass is 429 g/mol. The van der Waals surface area contributed by atoms with E-state index < -0.39 is 0 Å². The lowest BCUT2D eigenvalue weighted by atomic mass is 9.91. The van der Waals surface area contributed by atoms with Gasteiger partial charge in [0.1, 0.15) is 11.4 Å². The summed E-state index contributed by atoms with van der Waals surface area (Å²) in [6.07, 6.45) is 2.15. The van der Waals surface area contributed by atoms with Crippen LogP contribution < -0.4 is 4.74 Å². The number of carbonyl (C=O) groups excluding carboxylic acids is 2. The summed E-state index contributed by atoms with van der Waals surface area (Å²) in [4.78, 5) is 33.9. The number of pyridine rings is 1. The van der Waals surface area contributed by atoms with Crippen LogP contribution in [0.3, 0.4) is 0 Å². The van der Waals surface area contributed by atoms with Gasteiger partial charge in [-0.25, -0.2) is 0 Å². The zero-order chi connectivity index (χ0) is 22.5. The fourth-order valence-corrected chi connectivity index (χ4v) is 4.21. The maximum absolute atomic E-state index is 13.2. The van der Waals surface area contributed by atoms with Crippen molar-refractivity contribution in [2.24, 2.45) is 5.92 Å². The number of ether oxygens (including phenoxy) is 1. The molecular weight excluding hydrogens is 402 g/mol. The molecule has 0 spiro atoms. The zero-order valence-electron chi connectivity index (χ0n) is 18.4. The number of nitrogens with zero attached hydrogens (tertiary/aromatic N) is 3. The molecule has 1 fully saturated rings. The van der Waals surface area contributed by atoms with Crippen molar-refractivity contribution in [1.29, 1.82) is 0 Å². The third kappa shape index (κ3) is 4.49. The Balaban J connectivity index is 1.64. The number of hydrogen-bond acceptors (Lipinski definition) is 4. The van der Waals surface area contributed by atoms with Gasteiger partial charge in [0, 0.05) is 38.4 Å². The third-order valence-electron chi connectivity index (χ3n) is 5.92. The van der Waals surface area contributed by atoms with Crippen molar-refractivity contribution in [3.8, 4) is 16.9 Å². The first-order valence-corrected chi connectivity index (χ1v) is 10.7. The first-order chi connectivity index (χ1) is 15.6. The molecule has 1 aliphatic rings. The number of likely N-dealkylation sites (N-methyl/N-ethyl adjacent to an activating group) is 1. The Hall–Kier alpha value is -3.67. The number of methoxy groups -OCH3 is 1. The number of rotatable bonds is 5. The van der Waals surface area contributed by atoms with Gasteiger partial charge in [0.2, 0.25) is 5.91 Å². The van der Waals surface area contributed by atoms with Crippen LogP contribution in [0.2, 0.25) is 0 Å². The van der Waals surface area contributed by atoms with E-state index in [4.69, 9.17) is 4.74 Å². The van der Waals surface area contributed by atoms with E-state index in [1.54, 1.807) is 48.4 Å². The number of carbonyl (C=O) groups is 2. The minimum Gasteiger partial charge on any atom is -0.496 e. The molecule has 32 heavy (non-hydrogen) atoms. The van der Waals surface area contributed by atoms with Crippen LogP contribution in [-0.2, 0) is 11.2 Å². The van der Waals surface area contributed by atoms with Crippen LogP contribution in [0.25, 0.3) is 11.1 Å². The summed E-state index contributed by atoms with van der Waals surface area (Å²) in [5, 5.41) is 0. The summed E-state index contributed by atoms with van der Waals surface area (Å²) >= 11 is 0. The summed E-state index contributed by atoms with van der Waals surface area (Å²) < 4.78 is 5.57. The molecule has 1 atom stereocenters. The Morgan fingerprint density at radius 3 is 2.47 bits per heavy atom. The smallest absolute Gasteiger partial charge is 0.272 e. The summed E-state index contributed by atoms with van der Waals surface area (Å²) in [6.45, 7) is 1.35. The summed E-state index contributed by atoms with van der Waals surface area (Å²) in [6, 6.07) is 21.2. The van der Waals surface area contributed by atoms with E-state index in [1.807, 2.05) is 42.5 Å². The molecule has 1 aromatic heterocycles. The average Bonchev–Trinajstić information content (AvgIpc) is 2.98. The van der Waals surface area contributed by atoms with Gasteiger partial charge < -0.3 is 14.5 Å². The van der Waals surface area contributed by atoms with Gasteiger partial charge in [0.25, 0.3) is 5.91 Å². The lowest BCUT2D eigenvalue weighted by Gasteiger charge is -2.24. The molecule has 164 valence electrons. The quantitative estimate of drug-likeness (QED) is 0.623. The normalized spacial score (nSPS) is 16.6. The summed E-state index contributed by atoms with van der Waals surface area (Å²) in [5.74, 6) is 0.357. The van der Waals surface area contributed by atoms with E-state index in [0.717, 1.165) is 22.4 Å². The van der Waals surface area contributed by atoms with Crippen LogP contribution >= 0.6 is 0 Å². The lowest BCUT2D eigenvalue weighted by molar-refractivity contribution is -0.133. The highest BCUT2D eigenvalue weighted by molar-refractivity contribution is 5.93. The first kappa shape index (κ1) is 21.6. The molecule has 1 saturated heterocycles. The number of amides is 2. The molecule has 0 saturated carbocycles. The Morgan fingerprint density at radius 2 is 1.72 bits per heavy atom. The van der Waals surface area contributed by atoms with Crippen LogP contribution in [0.15, 0.2) is 72.9 Å². The second kappa shape index (κ2) is 9.64. The molecule has 3 aromatic rings. The molecule has 6 nitrogen and oxygen atoms in total. The minimum absolute atomic E-state index is 0.0520. The summed E-state index contributed by atoms with van der Waals surface area (Å²) in [7, 11) is 3.46. The van der Waals surface area contributed by atoms with Gasteiger partial charge in [-0.2, -0.15) is 0 Å². The Kier molecular flexibility index (Phi) is 6.50. The van der Waals surface area contributed by atoms with Crippen molar-refractivity contribution in [2.45, 2.75) is 6.42 Å². The molecule has 2 aromatic carbocycles. The second-order valence-corrected chi connectivity index (χ2v) is 7.98. The zero-order valence-corrected chi connectivity index (χ0v) is 18.4. The number of benzene rings is 2. The van der Waals surface area contributed by atoms with Gasteiger partial charge in [-0.3, -0.25) is 14.6 Å². The predicted octanol–water partition coefficient (Wildman–Crippen LogP) is 3.53. The van der Waals surface area contributed by atoms with Crippen molar-refractivity contribution >= 4 is 11.8 Å². The Bertz CT molecular complexity index is 1100. The maximum Gasteiger partial charge on any atom is 0.272 e. The highest BCUT2D eigenvalue weighted by Gasteiger charge is 2.32. The topological polar surface area (TPSA) is 62.7 Å². The highest BCUT2D eigenvalue weighted by Crippen LogP contribution is 2.33. The van der Waals surface area contributed by atoms with Gasteiger partial charge in [0.05, 0.1) is 13.0 Å². The van der Waals surface area contributed by atoms with Gasteiger partial charge in [-0.15, -0.1) is 0 Å². The van der Waals surface area contributed by atoms with Crippen LogP contribution in [0.5, 0.6) is 5.75 Å². The van der Waals surface area contributed by atoms with Crippen molar-refractivity contribution in [1.82, 2.24) is 14.8 Å². The molecular formula is C26H27N3O3. The molecule has 0 radical (unpaired) electrons. The molecule has 0 N–H and O–H groups in total. The fourth-order valence-electron chi connectivity index (χ4n) is 4.21. The van der Waals surface area contributed by atoms with E-state index in [-0.39, 0.29) is 17.7 Å². The van der Waals surface area contributed by atoms with Crippen molar-refractivity contribution in [3.05, 3.63) is 84.2 Å². The molecule has 2 amide bonds. The van der Waals surface area contributed by atoms with E-state index in [1.165, 1.54) is 0 Å². The van der Waals surface area contributed by atoms with Crippen molar-refractivity contribution in [2.75, 3.05) is 33.8 Å². The van der Waals surface area contributed by atoms with Crippen LogP contribution in [0.1, 0.15) is 16.1 Å². The molecule has 0 bridgehead atoms. The molecule has 6 heteroatoms. The van der Waals surface area contributed by atoms with Crippen LogP contribution in [-0.4, -0.2) is 60.4 Å². The van der Waals surface area contributed by atoms with Gasteiger partial charge >= 0.3 is 0 Å². The van der Waals surface area contributed by atoms with Crippen molar-refractivity contribution < 1.29 is 14.3 Å². The van der Waals surface area contributed by atoms with E-state index in [2.05, 4.69) is 11.1 Å². The minimum atomic E-state index is -0.342. The Morgan fingerprint density at radius 1 is 1.00 bits per heavy atom. The average molecular weight is 430 g/mol. The van der Waals surface area contributed by atoms with E-state index >= 15 is 0 Å². The lowest BCUT2D eigenvalue weighted by Crippen LogP contribution is -2.37. The third-order valence-corrected chi connectivity index (χ3v) is 5.92. The Labute approximate surface area is 188 Å². The maximum atomic E-state index is 13.2. The second-order valence-electron chi connectivity index (χ2n) is 7.98. The first-order valence-electron chi connectivity index (χ1n) is 10.7. The summed E-state index contributed by atoms with van der Waals surface area (Å²) in [5.41, 5.74) is 3.47. The number of aromatic nitrogens is 1. The standard InChI is InChI=1S/C26H27N3O3/c1-28-15-16-29(26(31)23-12-7-8-14-27-23)18-20(25(28)30)17-19-9-3-4-10-21(19)22-11-5-6-13-24(22)32-2/h3-14,20H,15-18H2,1-2H3/t20-/m0/s1. The predicted molar refractivity (Wildman–Crippen MR) is 123 cm³/mol. The van der Waals surface area contributed by atoms with Crippen LogP contribution in [0.4, 0.5) is 0 Å². The molecule has 4 rings (SSSR count). The van der Waals surface area contributed by atoms with Gasteiger partial charge in [-0.1, -0.05) is 48.5 Å². The van der Waals surface area contributed by atoms with E-state index in [0.29, 0.717) is 31.7 Å². The van der Waals surface area contributed by atoms with Gasteiger partial charge in [0.15, 0.2) is 0 Å². The number of hydrogen-bond donors (Lipinski definition) is 0. The van der Waals surface area contributed by atoms with Crippen molar-refractivity contribution in [3.63, 3.8) is 0 Å². The molecule has 2 heterocycles. The highest BCUT2D eigenvalue weighted by atomic mass is 16.5. The van der Waals surface area contributed by atoms with Crippen LogP contribution in [0, 0.1) is 5.92 Å². The van der Waals surface area contributed by atoms with E-state index in [9.17, 15) is 9.59 Å². The molecule has 1 aliphatic heterocycles. The van der Waals surface area contributed by atoms with Gasteiger partial charge in [-0.05, 0) is 35.7 Å².